The highest BCUT2D eigenvalue weighted by Gasteiger charge is 2.40. The standard InChI is InChI=1S/C28H48N6O10/c1-13(2)12-18(31-26(41)21(14(3)4)32-24(39)17(29)9-10-20(36)37)25(40)30-15(5)23(38)33-22(16(6)35)27(42)34-11-7-8-19(34)28(43)44/h13-19,21-22,35H,7-12,29H2,1-6H3,(H,30,40)(H,31,41)(H,32,39)(H,33,38)(H,36,37)(H,43,44)/t15-,16+,17-,18-,19-,21-,22-/m0/s1. The molecule has 0 aliphatic carbocycles. The van der Waals surface area contributed by atoms with Gasteiger partial charge in [0.1, 0.15) is 30.2 Å². The molecule has 7 atom stereocenters. The van der Waals surface area contributed by atoms with E-state index in [0.29, 0.717) is 6.42 Å². The largest absolute Gasteiger partial charge is 0.481 e. The summed E-state index contributed by atoms with van der Waals surface area (Å²) in [7, 11) is 0. The number of carbonyl (C=O) groups excluding carboxylic acids is 5. The van der Waals surface area contributed by atoms with E-state index in [1.807, 2.05) is 13.8 Å². The fourth-order valence-electron chi connectivity index (χ4n) is 4.68. The van der Waals surface area contributed by atoms with Gasteiger partial charge in [-0.1, -0.05) is 27.7 Å². The van der Waals surface area contributed by atoms with Crippen molar-refractivity contribution in [1.29, 1.82) is 0 Å². The zero-order chi connectivity index (χ0) is 33.9. The molecule has 1 saturated heterocycles. The summed E-state index contributed by atoms with van der Waals surface area (Å²) in [5.41, 5.74) is 5.77. The van der Waals surface area contributed by atoms with Gasteiger partial charge in [-0.3, -0.25) is 28.8 Å². The van der Waals surface area contributed by atoms with Gasteiger partial charge in [0.05, 0.1) is 12.1 Å². The normalized spacial score (nSPS) is 18.9. The Morgan fingerprint density at radius 3 is 1.91 bits per heavy atom. The molecule has 1 aliphatic rings. The maximum absolute atomic E-state index is 13.2. The van der Waals surface area contributed by atoms with E-state index in [4.69, 9.17) is 10.8 Å². The molecular weight excluding hydrogens is 580 g/mol. The number of hydrogen-bond donors (Lipinski definition) is 8. The molecule has 0 saturated carbocycles. The number of rotatable bonds is 17. The third-order valence-corrected chi connectivity index (χ3v) is 7.21. The lowest BCUT2D eigenvalue weighted by Gasteiger charge is -2.30. The van der Waals surface area contributed by atoms with E-state index < -0.39 is 89.7 Å². The highest BCUT2D eigenvalue weighted by molar-refractivity contribution is 5.96. The van der Waals surface area contributed by atoms with Crippen LogP contribution in [0.4, 0.5) is 0 Å². The van der Waals surface area contributed by atoms with Crippen molar-refractivity contribution < 1.29 is 48.9 Å². The maximum atomic E-state index is 13.2. The summed E-state index contributed by atoms with van der Waals surface area (Å²) in [6, 6.07) is -7.12. The van der Waals surface area contributed by atoms with Gasteiger partial charge in [-0.15, -0.1) is 0 Å². The zero-order valence-electron chi connectivity index (χ0n) is 26.2. The first-order chi connectivity index (χ1) is 20.4. The van der Waals surface area contributed by atoms with E-state index in [-0.39, 0.29) is 38.1 Å². The van der Waals surface area contributed by atoms with Gasteiger partial charge in [0.2, 0.25) is 29.5 Å². The first-order valence-corrected chi connectivity index (χ1v) is 14.8. The minimum Gasteiger partial charge on any atom is -0.481 e. The summed E-state index contributed by atoms with van der Waals surface area (Å²) >= 11 is 0. The minimum atomic E-state index is -1.45. The van der Waals surface area contributed by atoms with Crippen molar-refractivity contribution in [3.05, 3.63) is 0 Å². The van der Waals surface area contributed by atoms with Gasteiger partial charge in [0.25, 0.3) is 0 Å². The van der Waals surface area contributed by atoms with Crippen LogP contribution in [-0.4, -0.2) is 111 Å². The Labute approximate surface area is 256 Å². The van der Waals surface area contributed by atoms with Crippen LogP contribution in [0.1, 0.15) is 73.6 Å². The van der Waals surface area contributed by atoms with Crippen LogP contribution in [0.2, 0.25) is 0 Å². The molecule has 16 heteroatoms. The Bertz CT molecular complexity index is 1070. The molecule has 16 nitrogen and oxygen atoms in total. The summed E-state index contributed by atoms with van der Waals surface area (Å²) < 4.78 is 0. The molecule has 0 aromatic carbocycles. The smallest absolute Gasteiger partial charge is 0.326 e. The summed E-state index contributed by atoms with van der Waals surface area (Å²) in [5, 5.41) is 38.4. The molecule has 5 amide bonds. The second-order valence-corrected chi connectivity index (χ2v) is 11.9. The molecule has 9 N–H and O–H groups in total. The Balaban J connectivity index is 2.96. The van der Waals surface area contributed by atoms with Crippen LogP contribution in [-0.2, 0) is 33.6 Å². The number of nitrogens with zero attached hydrogens (tertiary/aromatic N) is 1. The monoisotopic (exact) mass is 628 g/mol. The predicted molar refractivity (Wildman–Crippen MR) is 157 cm³/mol. The molecule has 1 fully saturated rings. The van der Waals surface area contributed by atoms with E-state index in [1.165, 1.54) is 13.8 Å². The highest BCUT2D eigenvalue weighted by atomic mass is 16.4. The van der Waals surface area contributed by atoms with Crippen LogP contribution in [0.3, 0.4) is 0 Å². The Morgan fingerprint density at radius 2 is 1.41 bits per heavy atom. The lowest BCUT2D eigenvalue weighted by Crippen LogP contribution is -2.60. The van der Waals surface area contributed by atoms with Crippen molar-refractivity contribution in [3.8, 4) is 0 Å². The van der Waals surface area contributed by atoms with Crippen LogP contribution >= 0.6 is 0 Å². The third kappa shape index (κ3) is 11.7. The molecule has 1 aliphatic heterocycles. The van der Waals surface area contributed by atoms with Gasteiger partial charge in [-0.05, 0) is 51.4 Å². The van der Waals surface area contributed by atoms with Crippen molar-refractivity contribution >= 4 is 41.5 Å². The Kier molecular flexibility index (Phi) is 15.2. The fraction of sp³-hybridized carbons (Fsp3) is 0.750. The second kappa shape index (κ2) is 17.5. The van der Waals surface area contributed by atoms with Crippen LogP contribution in [0.5, 0.6) is 0 Å². The second-order valence-electron chi connectivity index (χ2n) is 11.9. The molecule has 0 unspecified atom stereocenters. The number of nitrogens with two attached hydrogens (primary N) is 1. The number of likely N-dealkylation sites (tertiary alicyclic amines) is 1. The van der Waals surface area contributed by atoms with Crippen LogP contribution in [0.25, 0.3) is 0 Å². The summed E-state index contributed by atoms with van der Waals surface area (Å²) in [5.74, 6) is -6.51. The van der Waals surface area contributed by atoms with E-state index >= 15 is 0 Å². The molecular formula is C28H48N6O10. The van der Waals surface area contributed by atoms with E-state index in [0.717, 1.165) is 4.90 Å². The number of amides is 5. The predicted octanol–water partition coefficient (Wildman–Crippen LogP) is -1.70. The Hall–Kier alpha value is -3.79. The third-order valence-electron chi connectivity index (χ3n) is 7.21. The van der Waals surface area contributed by atoms with Crippen LogP contribution in [0, 0.1) is 11.8 Å². The van der Waals surface area contributed by atoms with E-state index in [2.05, 4.69) is 21.3 Å². The lowest BCUT2D eigenvalue weighted by atomic mass is 9.99. The maximum Gasteiger partial charge on any atom is 0.326 e. The summed E-state index contributed by atoms with van der Waals surface area (Å²) in [4.78, 5) is 88.3. The molecule has 250 valence electrons. The number of hydrogen-bond acceptors (Lipinski definition) is 9. The number of aliphatic hydroxyl groups excluding tert-OH is 1. The van der Waals surface area contributed by atoms with Crippen LogP contribution < -0.4 is 27.0 Å². The number of carboxylic acids is 2. The number of carbonyl (C=O) groups is 7. The van der Waals surface area contributed by atoms with Crippen molar-refractivity contribution in [2.75, 3.05) is 6.54 Å². The van der Waals surface area contributed by atoms with Gasteiger partial charge in [-0.25, -0.2) is 4.79 Å². The first kappa shape index (κ1) is 38.2. The van der Waals surface area contributed by atoms with E-state index in [1.54, 1.807) is 13.8 Å². The molecule has 0 bridgehead atoms. The topological polar surface area (TPSA) is 258 Å². The highest BCUT2D eigenvalue weighted by Crippen LogP contribution is 2.19. The van der Waals surface area contributed by atoms with Crippen LogP contribution in [0.15, 0.2) is 0 Å². The Morgan fingerprint density at radius 1 is 0.818 bits per heavy atom. The van der Waals surface area contributed by atoms with Crippen molar-refractivity contribution in [2.45, 2.75) is 116 Å². The molecule has 0 aromatic heterocycles. The average molecular weight is 629 g/mol. The van der Waals surface area contributed by atoms with Gasteiger partial charge >= 0.3 is 11.9 Å². The molecule has 44 heavy (non-hydrogen) atoms. The number of carboxylic acid groups (broad SMARTS) is 2. The van der Waals surface area contributed by atoms with Crippen molar-refractivity contribution in [2.24, 2.45) is 17.6 Å². The van der Waals surface area contributed by atoms with Gasteiger partial charge in [0.15, 0.2) is 0 Å². The minimum absolute atomic E-state index is 0.0772. The SMILES string of the molecule is CC(C)C[C@H](NC(=O)[C@@H](NC(=O)[C@@H](N)CCC(=O)O)C(C)C)C(=O)N[C@@H](C)C(=O)N[C@H](C(=O)N1CCC[C@H]1C(=O)O)[C@@H](C)O. The van der Waals surface area contributed by atoms with Crippen molar-refractivity contribution in [1.82, 2.24) is 26.2 Å². The zero-order valence-corrected chi connectivity index (χ0v) is 26.2. The fourth-order valence-corrected chi connectivity index (χ4v) is 4.68. The quantitative estimate of drug-likeness (QED) is 0.0900. The molecule has 1 rings (SSSR count). The summed E-state index contributed by atoms with van der Waals surface area (Å²) in [6.45, 7) is 9.73. The lowest BCUT2D eigenvalue weighted by molar-refractivity contribution is -0.150. The molecule has 0 aromatic rings. The summed E-state index contributed by atoms with van der Waals surface area (Å²) in [6.07, 6.45) is -0.956. The van der Waals surface area contributed by atoms with Gasteiger partial charge in [0, 0.05) is 13.0 Å². The molecule has 0 spiro atoms. The van der Waals surface area contributed by atoms with Crippen molar-refractivity contribution in [3.63, 3.8) is 0 Å². The average Bonchev–Trinajstić information content (AvgIpc) is 3.42. The molecule has 1 heterocycles. The number of aliphatic hydroxyl groups is 1. The van der Waals surface area contributed by atoms with Gasteiger partial charge in [-0.2, -0.15) is 0 Å². The first-order valence-electron chi connectivity index (χ1n) is 14.8. The van der Waals surface area contributed by atoms with Gasteiger partial charge < -0.3 is 47.2 Å². The van der Waals surface area contributed by atoms with E-state index in [9.17, 15) is 43.8 Å². The molecule has 0 radical (unpaired) electrons. The number of nitrogens with one attached hydrogen (secondary N) is 4. The number of aliphatic carboxylic acids is 2.